The highest BCUT2D eigenvalue weighted by Gasteiger charge is 2.50. The first-order valence-electron chi connectivity index (χ1n) is 9.21. The van der Waals surface area contributed by atoms with Crippen molar-refractivity contribution < 1.29 is 19.0 Å². The molecule has 2 heterocycles. The average Bonchev–Trinajstić information content (AvgIpc) is 3.05. The highest BCUT2D eigenvalue weighted by Crippen LogP contribution is 2.29. The van der Waals surface area contributed by atoms with Crippen LogP contribution in [0.15, 0.2) is 54.6 Å². The minimum Gasteiger partial charge on any atom is -0.497 e. The van der Waals surface area contributed by atoms with E-state index < -0.39 is 0 Å². The molecule has 0 bridgehead atoms. The molecule has 0 spiro atoms. The molecular weight excluding hydrogens is 342 g/mol. The van der Waals surface area contributed by atoms with E-state index in [1.165, 1.54) is 0 Å². The summed E-state index contributed by atoms with van der Waals surface area (Å²) >= 11 is 0. The lowest BCUT2D eigenvalue weighted by Crippen LogP contribution is -2.48. The van der Waals surface area contributed by atoms with Gasteiger partial charge in [0, 0.05) is 24.2 Å². The van der Waals surface area contributed by atoms with E-state index in [4.69, 9.17) is 9.47 Å². The van der Waals surface area contributed by atoms with Gasteiger partial charge in [0.15, 0.2) is 6.04 Å². The van der Waals surface area contributed by atoms with Gasteiger partial charge in [0.25, 0.3) is 5.91 Å². The third-order valence-corrected chi connectivity index (χ3v) is 5.09. The predicted molar refractivity (Wildman–Crippen MR) is 102 cm³/mol. The molecule has 4 rings (SSSR count). The molecule has 6 nitrogen and oxygen atoms in total. The zero-order chi connectivity index (χ0) is 18.6. The van der Waals surface area contributed by atoms with E-state index in [9.17, 15) is 4.79 Å². The maximum atomic E-state index is 12.9. The van der Waals surface area contributed by atoms with E-state index in [0.717, 1.165) is 30.0 Å². The Morgan fingerprint density at radius 2 is 1.81 bits per heavy atom. The lowest BCUT2D eigenvalue weighted by molar-refractivity contribution is -0.598. The van der Waals surface area contributed by atoms with Crippen molar-refractivity contribution in [1.82, 2.24) is 10.3 Å². The van der Waals surface area contributed by atoms with Gasteiger partial charge in [-0.1, -0.05) is 30.3 Å². The number of rotatable bonds is 4. The number of nitrogens with one attached hydrogen (secondary N) is 1. The summed E-state index contributed by atoms with van der Waals surface area (Å²) in [7, 11) is 1.65. The molecule has 2 aromatic carbocycles. The van der Waals surface area contributed by atoms with Crippen LogP contribution in [0.5, 0.6) is 5.75 Å². The van der Waals surface area contributed by atoms with Crippen molar-refractivity contribution in [2.24, 2.45) is 0 Å². The van der Waals surface area contributed by atoms with Crippen LogP contribution in [0.3, 0.4) is 0 Å². The van der Waals surface area contributed by atoms with Crippen LogP contribution in [0, 0.1) is 0 Å². The second-order valence-electron chi connectivity index (χ2n) is 6.73. The lowest BCUT2D eigenvalue weighted by Gasteiger charge is -2.30. The van der Waals surface area contributed by atoms with Crippen LogP contribution < -0.4 is 10.2 Å². The second kappa shape index (κ2) is 7.90. The predicted octanol–water partition coefficient (Wildman–Crippen LogP) is 1.61. The summed E-state index contributed by atoms with van der Waals surface area (Å²) < 4.78 is 12.6. The van der Waals surface area contributed by atoms with Gasteiger partial charge in [-0.25, -0.2) is 0 Å². The second-order valence-corrected chi connectivity index (χ2v) is 6.73. The highest BCUT2D eigenvalue weighted by molar-refractivity contribution is 5.85. The zero-order valence-electron chi connectivity index (χ0n) is 15.4. The van der Waals surface area contributed by atoms with Crippen molar-refractivity contribution in [3.63, 3.8) is 0 Å². The number of benzene rings is 2. The number of carbonyl (C=O) groups is 1. The first-order chi connectivity index (χ1) is 13.3. The van der Waals surface area contributed by atoms with Crippen LogP contribution in [0.25, 0.3) is 0 Å². The Bertz CT molecular complexity index is 814. The molecule has 2 atom stereocenters. The summed E-state index contributed by atoms with van der Waals surface area (Å²) in [5.74, 6) is 0.832. The van der Waals surface area contributed by atoms with Gasteiger partial charge in [0.1, 0.15) is 5.75 Å². The van der Waals surface area contributed by atoms with E-state index in [0.29, 0.717) is 13.2 Å². The summed E-state index contributed by atoms with van der Waals surface area (Å²) in [6, 6.07) is 17.6. The molecule has 2 aromatic rings. The molecule has 2 saturated heterocycles. The van der Waals surface area contributed by atoms with Gasteiger partial charge in [-0.2, -0.15) is 0 Å². The molecule has 0 saturated carbocycles. The summed E-state index contributed by atoms with van der Waals surface area (Å²) in [6.45, 7) is 2.84. The number of morpholine rings is 1. The number of nitrogens with zero attached hydrogens (tertiary/aromatic N) is 2. The fourth-order valence-corrected chi connectivity index (χ4v) is 3.74. The highest BCUT2D eigenvalue weighted by atomic mass is 16.5. The van der Waals surface area contributed by atoms with Crippen molar-refractivity contribution in [3.8, 4) is 5.75 Å². The third kappa shape index (κ3) is 3.72. The molecule has 0 radical (unpaired) electrons. The van der Waals surface area contributed by atoms with Crippen LogP contribution in [-0.2, 0) is 9.53 Å². The van der Waals surface area contributed by atoms with Crippen LogP contribution in [0.1, 0.15) is 17.2 Å². The molecule has 1 amide bonds. The fourth-order valence-electron chi connectivity index (χ4n) is 3.74. The number of methoxy groups -OCH3 is 1. The molecule has 2 fully saturated rings. The number of hydrogen-bond donors (Lipinski definition) is 1. The van der Waals surface area contributed by atoms with Gasteiger partial charge >= 0.3 is 0 Å². The molecular formula is C21H24N3O3+. The van der Waals surface area contributed by atoms with Crippen LogP contribution in [-0.4, -0.2) is 61.2 Å². The molecule has 140 valence electrons. The summed E-state index contributed by atoms with van der Waals surface area (Å²) in [4.78, 5) is 15.1. The summed E-state index contributed by atoms with van der Waals surface area (Å²) in [5.41, 5.74) is 5.16. The minimum atomic E-state index is -0.245. The van der Waals surface area contributed by atoms with E-state index in [-0.39, 0.29) is 18.0 Å². The topological polar surface area (TPSA) is 53.8 Å². The minimum absolute atomic E-state index is 0.0236. The lowest BCUT2D eigenvalue weighted by atomic mass is 9.98. The van der Waals surface area contributed by atoms with E-state index in [2.05, 4.69) is 22.5 Å². The van der Waals surface area contributed by atoms with Gasteiger partial charge < -0.3 is 9.47 Å². The van der Waals surface area contributed by atoms with Crippen LogP contribution in [0.2, 0.25) is 0 Å². The van der Waals surface area contributed by atoms with Crippen LogP contribution >= 0.6 is 0 Å². The molecule has 6 heteroatoms. The molecule has 0 aromatic heterocycles. The van der Waals surface area contributed by atoms with Crippen molar-refractivity contribution in [3.05, 3.63) is 65.7 Å². The number of hydrazine groups is 1. The van der Waals surface area contributed by atoms with Gasteiger partial charge in [0.05, 0.1) is 20.3 Å². The van der Waals surface area contributed by atoms with Gasteiger partial charge in [-0.05, 0) is 24.3 Å². The Morgan fingerprint density at radius 1 is 1.11 bits per heavy atom. The first kappa shape index (κ1) is 17.7. The van der Waals surface area contributed by atoms with Crippen molar-refractivity contribution in [2.75, 3.05) is 33.4 Å². The van der Waals surface area contributed by atoms with Gasteiger partial charge in [-0.3, -0.25) is 9.69 Å². The number of amides is 1. The van der Waals surface area contributed by atoms with Crippen molar-refractivity contribution in [2.45, 2.75) is 12.1 Å². The van der Waals surface area contributed by atoms with E-state index >= 15 is 0 Å². The first-order valence-corrected chi connectivity index (χ1v) is 9.21. The molecule has 2 aliphatic rings. The number of carbonyl (C=O) groups excluding carboxylic acids is 1. The van der Waals surface area contributed by atoms with Crippen LogP contribution in [0.4, 0.5) is 0 Å². The smallest absolute Gasteiger partial charge is 0.298 e. The fraction of sp³-hybridized carbons (Fsp3) is 0.333. The van der Waals surface area contributed by atoms with E-state index in [1.54, 1.807) is 7.11 Å². The normalized spacial score (nSPS) is 24.8. The molecule has 1 N–H and O–H groups in total. The molecule has 0 unspecified atom stereocenters. The number of hydrazone groups is 1. The largest absolute Gasteiger partial charge is 0.497 e. The summed E-state index contributed by atoms with van der Waals surface area (Å²) in [5, 5.41) is 0. The number of hydrogen-bond acceptors (Lipinski definition) is 4. The monoisotopic (exact) mass is 366 g/mol. The standard InChI is InChI=1S/C21H23N3O3/c1-26-18-9-7-16(8-10-18)15-24-19(17-5-3-2-4-6-17)20(21(25)22-24)23-11-13-27-14-12-23/h2-10,15,19-20H,11-14H2,1H3/p+1/b24-15-/t19-,20-/m1/s1. The van der Waals surface area contributed by atoms with Crippen molar-refractivity contribution in [1.29, 1.82) is 0 Å². The Morgan fingerprint density at radius 3 is 2.48 bits per heavy atom. The van der Waals surface area contributed by atoms with Gasteiger partial charge in [-0.15, -0.1) is 10.1 Å². The van der Waals surface area contributed by atoms with E-state index in [1.807, 2.05) is 53.4 Å². The average molecular weight is 366 g/mol. The third-order valence-electron chi connectivity index (χ3n) is 5.09. The van der Waals surface area contributed by atoms with Crippen molar-refractivity contribution >= 4 is 12.1 Å². The Hall–Kier alpha value is -2.70. The maximum Gasteiger partial charge on any atom is 0.298 e. The Balaban J connectivity index is 1.70. The quantitative estimate of drug-likeness (QED) is 0.836. The van der Waals surface area contributed by atoms with Gasteiger partial charge in [0.2, 0.25) is 12.3 Å². The maximum absolute atomic E-state index is 12.9. The Kier molecular flexibility index (Phi) is 5.18. The Labute approximate surface area is 159 Å². The SMILES string of the molecule is COc1ccc(/C=[N+]2\NC(=O)[C@H](N3CCOCC3)[C@H]2c2ccccc2)cc1. The summed E-state index contributed by atoms with van der Waals surface area (Å²) in [6.07, 6.45) is 1.98. The molecule has 0 aliphatic carbocycles. The zero-order valence-corrected chi connectivity index (χ0v) is 15.4. The number of ether oxygens (including phenoxy) is 2. The molecule has 2 aliphatic heterocycles. The molecule has 27 heavy (non-hydrogen) atoms.